The van der Waals surface area contributed by atoms with E-state index in [2.05, 4.69) is 20.7 Å². The van der Waals surface area contributed by atoms with Crippen LogP contribution >= 0.6 is 15.9 Å². The van der Waals surface area contributed by atoms with Crippen LogP contribution in [0.2, 0.25) is 0 Å². The van der Waals surface area contributed by atoms with Gasteiger partial charge in [-0.1, -0.05) is 0 Å². The third kappa shape index (κ3) is 2.29. The molecule has 0 bridgehead atoms. The lowest BCUT2D eigenvalue weighted by molar-refractivity contribution is 0.0595. The predicted octanol–water partition coefficient (Wildman–Crippen LogP) is 2.41. The second kappa shape index (κ2) is 4.82. The van der Waals surface area contributed by atoms with Gasteiger partial charge >= 0.3 is 0 Å². The van der Waals surface area contributed by atoms with Crippen LogP contribution in [0.5, 0.6) is 0 Å². The molecule has 1 aromatic carbocycles. The molecule has 1 N–H and O–H groups in total. The Morgan fingerprint density at radius 3 is 2.71 bits per heavy atom. The van der Waals surface area contributed by atoms with Gasteiger partial charge < -0.3 is 9.84 Å². The lowest BCUT2D eigenvalue weighted by atomic mass is 10.1. The van der Waals surface area contributed by atoms with E-state index >= 15 is 0 Å². The number of rotatable bonds is 3. The van der Waals surface area contributed by atoms with E-state index in [-0.39, 0.29) is 16.6 Å². The van der Waals surface area contributed by atoms with Crippen LogP contribution in [0.3, 0.4) is 0 Å². The summed E-state index contributed by atoms with van der Waals surface area (Å²) in [5.41, 5.74) is -0.374. The highest BCUT2D eigenvalue weighted by molar-refractivity contribution is 9.10. The highest BCUT2D eigenvalue weighted by atomic mass is 79.9. The lowest BCUT2D eigenvalue weighted by Crippen LogP contribution is -2.10. The van der Waals surface area contributed by atoms with Crippen molar-refractivity contribution in [2.24, 2.45) is 0 Å². The normalized spacial score (nSPS) is 12.9. The number of hydrogen-bond donors (Lipinski definition) is 1. The standard InChI is InChI=1S/C9H9BrF2O2/c1-14-4-7(13)8-6(11)3-2-5(10)9(8)12/h2-3,7,13H,4H2,1H3. The molecular formula is C9H9BrF2O2. The molecule has 0 aliphatic heterocycles. The van der Waals surface area contributed by atoms with Gasteiger partial charge in [0.1, 0.15) is 17.7 Å². The van der Waals surface area contributed by atoms with Gasteiger partial charge in [-0.05, 0) is 28.1 Å². The van der Waals surface area contributed by atoms with Crippen molar-refractivity contribution in [1.82, 2.24) is 0 Å². The highest BCUT2D eigenvalue weighted by Crippen LogP contribution is 2.26. The van der Waals surface area contributed by atoms with Gasteiger partial charge in [0.25, 0.3) is 0 Å². The molecule has 0 radical (unpaired) electrons. The first-order valence-electron chi connectivity index (χ1n) is 3.88. The van der Waals surface area contributed by atoms with Crippen LogP contribution in [0, 0.1) is 11.6 Å². The molecular weight excluding hydrogens is 258 g/mol. The Labute approximate surface area is 88.6 Å². The quantitative estimate of drug-likeness (QED) is 0.852. The molecule has 0 spiro atoms. The van der Waals surface area contributed by atoms with Gasteiger partial charge in [0.15, 0.2) is 0 Å². The van der Waals surface area contributed by atoms with Gasteiger partial charge in [0.05, 0.1) is 16.6 Å². The molecule has 0 aliphatic rings. The van der Waals surface area contributed by atoms with E-state index in [1.807, 2.05) is 0 Å². The summed E-state index contributed by atoms with van der Waals surface area (Å²) >= 11 is 2.91. The maximum atomic E-state index is 13.3. The Morgan fingerprint density at radius 2 is 2.14 bits per heavy atom. The number of methoxy groups -OCH3 is 1. The Balaban J connectivity index is 3.11. The first kappa shape index (κ1) is 11.6. The number of halogens is 3. The molecule has 0 aromatic heterocycles. The van der Waals surface area contributed by atoms with Crippen LogP contribution < -0.4 is 0 Å². The van der Waals surface area contributed by atoms with E-state index in [0.717, 1.165) is 6.07 Å². The van der Waals surface area contributed by atoms with Gasteiger partial charge in [-0.25, -0.2) is 8.78 Å². The molecule has 0 saturated carbocycles. The summed E-state index contributed by atoms with van der Waals surface area (Å²) in [5, 5.41) is 9.38. The maximum Gasteiger partial charge on any atom is 0.146 e. The average molecular weight is 267 g/mol. The van der Waals surface area contributed by atoms with E-state index in [1.54, 1.807) is 0 Å². The molecule has 78 valence electrons. The first-order valence-corrected chi connectivity index (χ1v) is 4.67. The monoisotopic (exact) mass is 266 g/mol. The summed E-state index contributed by atoms with van der Waals surface area (Å²) in [5.74, 6) is -1.58. The fourth-order valence-electron chi connectivity index (χ4n) is 1.09. The summed E-state index contributed by atoms with van der Waals surface area (Å²) in [7, 11) is 1.34. The van der Waals surface area contributed by atoms with E-state index < -0.39 is 17.7 Å². The van der Waals surface area contributed by atoms with E-state index in [0.29, 0.717) is 0 Å². The predicted molar refractivity (Wildman–Crippen MR) is 50.9 cm³/mol. The minimum atomic E-state index is -1.29. The van der Waals surface area contributed by atoms with Gasteiger partial charge in [-0.2, -0.15) is 0 Å². The van der Waals surface area contributed by atoms with Gasteiger partial charge in [0, 0.05) is 7.11 Å². The van der Waals surface area contributed by atoms with Crippen LogP contribution in [-0.2, 0) is 4.74 Å². The van der Waals surface area contributed by atoms with Crippen molar-refractivity contribution in [1.29, 1.82) is 0 Å². The highest BCUT2D eigenvalue weighted by Gasteiger charge is 2.19. The smallest absolute Gasteiger partial charge is 0.146 e. The van der Waals surface area contributed by atoms with Crippen LogP contribution in [-0.4, -0.2) is 18.8 Å². The lowest BCUT2D eigenvalue weighted by Gasteiger charge is -2.12. The topological polar surface area (TPSA) is 29.5 Å². The first-order chi connectivity index (χ1) is 6.57. The minimum absolute atomic E-state index is 0.115. The summed E-state index contributed by atoms with van der Waals surface area (Å²) in [6, 6.07) is 2.33. The fraction of sp³-hybridized carbons (Fsp3) is 0.333. The fourth-order valence-corrected chi connectivity index (χ4v) is 1.44. The zero-order chi connectivity index (χ0) is 10.7. The maximum absolute atomic E-state index is 13.3. The van der Waals surface area contributed by atoms with Crippen molar-refractivity contribution in [2.75, 3.05) is 13.7 Å². The van der Waals surface area contributed by atoms with E-state index in [9.17, 15) is 13.9 Å². The molecule has 2 nitrogen and oxygen atoms in total. The summed E-state index contributed by atoms with van der Waals surface area (Å²) < 4.78 is 31.2. The Bertz CT molecular complexity index is 331. The summed E-state index contributed by atoms with van der Waals surface area (Å²) in [4.78, 5) is 0. The van der Waals surface area contributed by atoms with E-state index in [4.69, 9.17) is 0 Å². The molecule has 0 fully saturated rings. The molecule has 1 rings (SSSR count). The SMILES string of the molecule is COCC(O)c1c(F)ccc(Br)c1F. The molecule has 1 unspecified atom stereocenters. The molecule has 0 heterocycles. The van der Waals surface area contributed by atoms with Crippen molar-refractivity contribution in [3.05, 3.63) is 33.8 Å². The zero-order valence-electron chi connectivity index (χ0n) is 7.43. The van der Waals surface area contributed by atoms with Crippen LogP contribution in [0.4, 0.5) is 8.78 Å². The number of aliphatic hydroxyl groups excluding tert-OH is 1. The molecule has 0 aliphatic carbocycles. The molecule has 5 heteroatoms. The van der Waals surface area contributed by atoms with Crippen molar-refractivity contribution >= 4 is 15.9 Å². The van der Waals surface area contributed by atoms with Crippen LogP contribution in [0.25, 0.3) is 0 Å². The largest absolute Gasteiger partial charge is 0.386 e. The number of hydrogen-bond acceptors (Lipinski definition) is 2. The molecule has 1 aromatic rings. The van der Waals surface area contributed by atoms with Crippen LogP contribution in [0.15, 0.2) is 16.6 Å². The number of aliphatic hydroxyl groups is 1. The van der Waals surface area contributed by atoms with Crippen molar-refractivity contribution in [3.8, 4) is 0 Å². The minimum Gasteiger partial charge on any atom is -0.386 e. The molecule has 1 atom stereocenters. The van der Waals surface area contributed by atoms with Crippen molar-refractivity contribution in [3.63, 3.8) is 0 Å². The summed E-state index contributed by atoms with van der Waals surface area (Å²) in [6.45, 7) is -0.149. The number of benzene rings is 1. The van der Waals surface area contributed by atoms with E-state index in [1.165, 1.54) is 13.2 Å². The van der Waals surface area contributed by atoms with Gasteiger partial charge in [-0.3, -0.25) is 0 Å². The number of ether oxygens (including phenoxy) is 1. The summed E-state index contributed by atoms with van der Waals surface area (Å²) in [6.07, 6.45) is -1.29. The molecule has 0 saturated heterocycles. The molecule has 14 heavy (non-hydrogen) atoms. The zero-order valence-corrected chi connectivity index (χ0v) is 9.01. The average Bonchev–Trinajstić information content (AvgIpc) is 2.13. The second-order valence-corrected chi connectivity index (χ2v) is 3.58. The third-order valence-corrected chi connectivity index (χ3v) is 2.35. The third-order valence-electron chi connectivity index (χ3n) is 1.74. The Morgan fingerprint density at radius 1 is 1.50 bits per heavy atom. The van der Waals surface area contributed by atoms with Crippen LogP contribution in [0.1, 0.15) is 11.7 Å². The molecule has 0 amide bonds. The second-order valence-electron chi connectivity index (χ2n) is 2.73. The van der Waals surface area contributed by atoms with Crippen molar-refractivity contribution in [2.45, 2.75) is 6.10 Å². The Hall–Kier alpha value is -0.520. The van der Waals surface area contributed by atoms with Gasteiger partial charge in [0.2, 0.25) is 0 Å². The van der Waals surface area contributed by atoms with Crippen molar-refractivity contribution < 1.29 is 18.6 Å². The van der Waals surface area contributed by atoms with Gasteiger partial charge in [-0.15, -0.1) is 0 Å². The Kier molecular flexibility index (Phi) is 3.97.